The van der Waals surface area contributed by atoms with Crippen molar-refractivity contribution < 1.29 is 4.79 Å². The molecule has 3 aromatic rings. The first-order chi connectivity index (χ1) is 12.7. The lowest BCUT2D eigenvalue weighted by molar-refractivity contribution is -0.119. The minimum absolute atomic E-state index is 0.0258. The number of anilines is 1. The lowest BCUT2D eigenvalue weighted by atomic mass is 9.97. The van der Waals surface area contributed by atoms with Crippen molar-refractivity contribution in [2.45, 2.75) is 39.2 Å². The Morgan fingerprint density at radius 1 is 1.15 bits per heavy atom. The number of likely N-dealkylation sites (N-methyl/N-ethyl adjacent to an activating group) is 1. The van der Waals surface area contributed by atoms with Crippen molar-refractivity contribution in [1.29, 1.82) is 0 Å². The maximum atomic E-state index is 13.0. The monoisotopic (exact) mass is 350 g/mol. The molecule has 6 heteroatoms. The van der Waals surface area contributed by atoms with E-state index in [1.807, 2.05) is 37.3 Å². The summed E-state index contributed by atoms with van der Waals surface area (Å²) in [5.74, 6) is -0.0986. The smallest absolute Gasteiger partial charge is 0.277 e. The van der Waals surface area contributed by atoms with Crippen LogP contribution in [0.4, 0.5) is 5.69 Å². The molecule has 0 spiro atoms. The first-order valence-electron chi connectivity index (χ1n) is 9.14. The summed E-state index contributed by atoms with van der Waals surface area (Å²) in [6, 6.07) is 9.54. The van der Waals surface area contributed by atoms with Gasteiger partial charge in [0.05, 0.1) is 5.69 Å². The van der Waals surface area contributed by atoms with Gasteiger partial charge in [-0.05, 0) is 44.7 Å². The second-order valence-corrected chi connectivity index (χ2v) is 6.63. The van der Waals surface area contributed by atoms with Gasteiger partial charge in [0, 0.05) is 30.2 Å². The largest absolute Gasteiger partial charge is 0.311 e. The van der Waals surface area contributed by atoms with Gasteiger partial charge in [0.2, 0.25) is 5.91 Å². The van der Waals surface area contributed by atoms with E-state index in [-0.39, 0.29) is 18.0 Å². The Kier molecular flexibility index (Phi) is 4.32. The highest BCUT2D eigenvalue weighted by Crippen LogP contribution is 2.22. The maximum Gasteiger partial charge on any atom is 0.277 e. The molecule has 0 radical (unpaired) electrons. The standard InChI is InChI=1S/C20H22N4O2/c1-2-23(15-8-4-3-5-9-15)18(25)14-22-12-13-24-19(20(22)26)16-10-6-7-11-17(16)21-24/h3-5,8-9,12-13H,2,6-7,10-11,14H2,1H3. The summed E-state index contributed by atoms with van der Waals surface area (Å²) in [5, 5.41) is 4.54. The Morgan fingerprint density at radius 3 is 2.69 bits per heavy atom. The van der Waals surface area contributed by atoms with E-state index in [1.54, 1.807) is 21.8 Å². The minimum atomic E-state index is -0.138. The molecular formula is C20H22N4O2. The van der Waals surface area contributed by atoms with Crippen LogP contribution in [-0.2, 0) is 24.2 Å². The Hall–Kier alpha value is -2.89. The number of benzene rings is 1. The number of carbonyl (C=O) groups excluding carboxylic acids is 1. The molecule has 4 rings (SSSR count). The zero-order chi connectivity index (χ0) is 18.1. The molecule has 1 aromatic carbocycles. The summed E-state index contributed by atoms with van der Waals surface area (Å²) in [7, 11) is 0. The van der Waals surface area contributed by atoms with Crippen LogP contribution in [0.2, 0.25) is 0 Å². The third-order valence-corrected chi connectivity index (χ3v) is 5.02. The van der Waals surface area contributed by atoms with E-state index in [4.69, 9.17) is 0 Å². The predicted octanol–water partition coefficient (Wildman–Crippen LogP) is 2.43. The SMILES string of the molecule is CCN(C(=O)Cn1ccn2nc3c(c2c1=O)CCCC3)c1ccccc1. The Labute approximate surface area is 151 Å². The first-order valence-corrected chi connectivity index (χ1v) is 9.14. The summed E-state index contributed by atoms with van der Waals surface area (Å²) in [6.45, 7) is 2.52. The second-order valence-electron chi connectivity index (χ2n) is 6.63. The fourth-order valence-corrected chi connectivity index (χ4v) is 3.72. The van der Waals surface area contributed by atoms with E-state index in [0.717, 1.165) is 42.6 Å². The summed E-state index contributed by atoms with van der Waals surface area (Å²) in [6.07, 6.45) is 7.45. The number of para-hydroxylation sites is 1. The molecule has 1 aliphatic rings. The second kappa shape index (κ2) is 6.78. The highest BCUT2D eigenvalue weighted by atomic mass is 16.2. The molecule has 0 saturated heterocycles. The van der Waals surface area contributed by atoms with E-state index >= 15 is 0 Å². The van der Waals surface area contributed by atoms with E-state index in [2.05, 4.69) is 5.10 Å². The van der Waals surface area contributed by atoms with Crippen molar-refractivity contribution >= 4 is 17.1 Å². The number of carbonyl (C=O) groups is 1. The van der Waals surface area contributed by atoms with E-state index < -0.39 is 0 Å². The van der Waals surface area contributed by atoms with E-state index in [1.165, 1.54) is 4.57 Å². The lowest BCUT2D eigenvalue weighted by Crippen LogP contribution is -2.36. The van der Waals surface area contributed by atoms with Crippen LogP contribution in [0.25, 0.3) is 5.52 Å². The molecule has 0 atom stereocenters. The van der Waals surface area contributed by atoms with Crippen molar-refractivity contribution in [3.63, 3.8) is 0 Å². The third-order valence-electron chi connectivity index (χ3n) is 5.02. The van der Waals surface area contributed by atoms with Gasteiger partial charge in [-0.15, -0.1) is 0 Å². The van der Waals surface area contributed by atoms with Crippen molar-refractivity contribution in [2.75, 3.05) is 11.4 Å². The number of fused-ring (bicyclic) bond motifs is 3. The van der Waals surface area contributed by atoms with Gasteiger partial charge in [0.15, 0.2) is 0 Å². The van der Waals surface area contributed by atoms with Crippen molar-refractivity contribution in [2.24, 2.45) is 0 Å². The minimum Gasteiger partial charge on any atom is -0.311 e. The van der Waals surface area contributed by atoms with Crippen molar-refractivity contribution in [3.8, 4) is 0 Å². The number of hydrogen-bond acceptors (Lipinski definition) is 3. The van der Waals surface area contributed by atoms with Gasteiger partial charge in [0.1, 0.15) is 12.1 Å². The number of hydrogen-bond donors (Lipinski definition) is 0. The number of aryl methyl sites for hydroxylation is 2. The molecule has 2 aromatic heterocycles. The zero-order valence-electron chi connectivity index (χ0n) is 14.9. The lowest BCUT2D eigenvalue weighted by Gasteiger charge is -2.21. The van der Waals surface area contributed by atoms with Gasteiger partial charge < -0.3 is 9.47 Å². The number of aromatic nitrogens is 3. The first kappa shape index (κ1) is 16.6. The van der Waals surface area contributed by atoms with Crippen LogP contribution >= 0.6 is 0 Å². The molecule has 0 saturated carbocycles. The Bertz CT molecular complexity index is 1000. The van der Waals surface area contributed by atoms with Crippen LogP contribution in [0, 0.1) is 0 Å². The molecule has 6 nitrogen and oxygen atoms in total. The van der Waals surface area contributed by atoms with Crippen LogP contribution in [0.3, 0.4) is 0 Å². The highest BCUT2D eigenvalue weighted by molar-refractivity contribution is 5.93. The van der Waals surface area contributed by atoms with Gasteiger partial charge in [-0.3, -0.25) is 9.59 Å². The van der Waals surface area contributed by atoms with Gasteiger partial charge in [0.25, 0.3) is 5.56 Å². The third kappa shape index (κ3) is 2.81. The average molecular weight is 350 g/mol. The summed E-state index contributed by atoms with van der Waals surface area (Å²) in [5.41, 5.74) is 3.41. The predicted molar refractivity (Wildman–Crippen MR) is 101 cm³/mol. The summed E-state index contributed by atoms with van der Waals surface area (Å²) < 4.78 is 3.17. The fraction of sp³-hybridized carbons (Fsp3) is 0.350. The molecule has 2 heterocycles. The topological polar surface area (TPSA) is 59.6 Å². The molecule has 0 fully saturated rings. The molecule has 134 valence electrons. The molecular weight excluding hydrogens is 328 g/mol. The highest BCUT2D eigenvalue weighted by Gasteiger charge is 2.21. The number of nitrogens with zero attached hydrogens (tertiary/aromatic N) is 4. The maximum absolute atomic E-state index is 13.0. The number of rotatable bonds is 4. The summed E-state index contributed by atoms with van der Waals surface area (Å²) >= 11 is 0. The number of amides is 1. The zero-order valence-corrected chi connectivity index (χ0v) is 14.9. The quantitative estimate of drug-likeness (QED) is 0.726. The van der Waals surface area contributed by atoms with Crippen molar-refractivity contribution in [3.05, 3.63) is 64.3 Å². The summed E-state index contributed by atoms with van der Waals surface area (Å²) in [4.78, 5) is 27.5. The van der Waals surface area contributed by atoms with Crippen LogP contribution < -0.4 is 10.5 Å². The molecule has 0 N–H and O–H groups in total. The van der Waals surface area contributed by atoms with Crippen LogP contribution in [0.1, 0.15) is 31.0 Å². The average Bonchev–Trinajstić information content (AvgIpc) is 3.05. The van der Waals surface area contributed by atoms with Crippen LogP contribution in [0.5, 0.6) is 0 Å². The Morgan fingerprint density at radius 2 is 1.92 bits per heavy atom. The van der Waals surface area contributed by atoms with Gasteiger partial charge >= 0.3 is 0 Å². The van der Waals surface area contributed by atoms with Crippen LogP contribution in [0.15, 0.2) is 47.5 Å². The molecule has 1 amide bonds. The fourth-order valence-electron chi connectivity index (χ4n) is 3.72. The van der Waals surface area contributed by atoms with E-state index in [0.29, 0.717) is 12.1 Å². The normalized spacial score (nSPS) is 13.6. The van der Waals surface area contributed by atoms with Gasteiger partial charge in [-0.25, -0.2) is 4.52 Å². The molecule has 26 heavy (non-hydrogen) atoms. The molecule has 0 bridgehead atoms. The van der Waals surface area contributed by atoms with Crippen LogP contribution in [-0.4, -0.2) is 26.6 Å². The molecule has 0 aliphatic heterocycles. The van der Waals surface area contributed by atoms with Crippen molar-refractivity contribution in [1.82, 2.24) is 14.2 Å². The van der Waals surface area contributed by atoms with E-state index in [9.17, 15) is 9.59 Å². The molecule has 1 aliphatic carbocycles. The van der Waals surface area contributed by atoms with Gasteiger partial charge in [-0.2, -0.15) is 5.10 Å². The van der Waals surface area contributed by atoms with Gasteiger partial charge in [-0.1, -0.05) is 18.2 Å². The molecule has 0 unspecified atom stereocenters. The Balaban J connectivity index is 1.68.